The quantitative estimate of drug-likeness (QED) is 0.857. The van der Waals surface area contributed by atoms with Gasteiger partial charge in [0.05, 0.1) is 14.2 Å². The fourth-order valence-electron chi connectivity index (χ4n) is 2.22. The molecule has 2 rings (SSSR count). The molecule has 0 spiro atoms. The molecule has 100 valence electrons. The molecule has 1 saturated heterocycles. The maximum absolute atomic E-state index is 5.48. The first-order valence-corrected chi connectivity index (χ1v) is 6.28. The fourth-order valence-corrected chi connectivity index (χ4v) is 2.22. The molecule has 1 aromatic rings. The van der Waals surface area contributed by atoms with Gasteiger partial charge in [-0.2, -0.15) is 0 Å². The summed E-state index contributed by atoms with van der Waals surface area (Å²) >= 11 is 0. The van der Waals surface area contributed by atoms with E-state index in [2.05, 4.69) is 30.3 Å². The number of hydrogen-bond acceptors (Lipinski definition) is 4. The van der Waals surface area contributed by atoms with Gasteiger partial charge >= 0.3 is 0 Å². The van der Waals surface area contributed by atoms with Gasteiger partial charge in [0, 0.05) is 37.3 Å². The van der Waals surface area contributed by atoms with Crippen LogP contribution < -0.4 is 14.8 Å². The van der Waals surface area contributed by atoms with Crippen molar-refractivity contribution in [2.45, 2.75) is 19.5 Å². The zero-order valence-electron chi connectivity index (χ0n) is 11.6. The van der Waals surface area contributed by atoms with E-state index >= 15 is 0 Å². The lowest BCUT2D eigenvalue weighted by Crippen LogP contribution is -2.55. The van der Waals surface area contributed by atoms with E-state index in [1.54, 1.807) is 14.2 Å². The smallest absolute Gasteiger partial charge is 0.127 e. The molecule has 0 bridgehead atoms. The van der Waals surface area contributed by atoms with Gasteiger partial charge in [0.2, 0.25) is 0 Å². The van der Waals surface area contributed by atoms with Crippen molar-refractivity contribution in [1.29, 1.82) is 0 Å². The molecule has 0 amide bonds. The van der Waals surface area contributed by atoms with E-state index in [4.69, 9.17) is 9.47 Å². The number of methoxy groups -OCH3 is 2. The van der Waals surface area contributed by atoms with Crippen LogP contribution in [0.2, 0.25) is 0 Å². The van der Waals surface area contributed by atoms with Crippen LogP contribution in [0, 0.1) is 6.92 Å². The largest absolute Gasteiger partial charge is 0.497 e. The predicted molar refractivity (Wildman–Crippen MR) is 72.4 cm³/mol. The van der Waals surface area contributed by atoms with Gasteiger partial charge in [0.1, 0.15) is 11.5 Å². The normalized spacial score (nSPS) is 15.6. The molecule has 1 aliphatic heterocycles. The van der Waals surface area contributed by atoms with Gasteiger partial charge in [0.15, 0.2) is 0 Å². The van der Waals surface area contributed by atoms with Crippen molar-refractivity contribution in [3.8, 4) is 11.5 Å². The van der Waals surface area contributed by atoms with Crippen LogP contribution in [0.5, 0.6) is 11.5 Å². The first-order chi connectivity index (χ1) is 8.65. The van der Waals surface area contributed by atoms with E-state index in [9.17, 15) is 0 Å². The molecule has 0 saturated carbocycles. The average Bonchev–Trinajstić information content (AvgIpc) is 2.29. The van der Waals surface area contributed by atoms with Crippen LogP contribution >= 0.6 is 0 Å². The molecule has 18 heavy (non-hydrogen) atoms. The maximum Gasteiger partial charge on any atom is 0.127 e. The molecule has 1 aromatic carbocycles. The second-order valence-electron chi connectivity index (χ2n) is 4.85. The second kappa shape index (κ2) is 5.59. The summed E-state index contributed by atoms with van der Waals surface area (Å²) in [4.78, 5) is 2.37. The molecule has 0 aromatic heterocycles. The summed E-state index contributed by atoms with van der Waals surface area (Å²) in [5, 5.41) is 3.30. The Hall–Kier alpha value is -1.26. The zero-order valence-corrected chi connectivity index (χ0v) is 11.6. The predicted octanol–water partition coefficient (Wildman–Crippen LogP) is 1.42. The molecule has 1 heterocycles. The summed E-state index contributed by atoms with van der Waals surface area (Å²) in [6, 6.07) is 4.65. The molecule has 1 aliphatic rings. The van der Waals surface area contributed by atoms with Crippen molar-refractivity contribution in [2.24, 2.45) is 0 Å². The van der Waals surface area contributed by atoms with E-state index in [0.717, 1.165) is 31.1 Å². The summed E-state index contributed by atoms with van der Waals surface area (Å²) in [6.07, 6.45) is 0. The van der Waals surface area contributed by atoms with Crippen LogP contribution in [-0.4, -0.2) is 45.3 Å². The Morgan fingerprint density at radius 2 is 2.00 bits per heavy atom. The Labute approximate surface area is 109 Å². The first-order valence-electron chi connectivity index (χ1n) is 6.28. The number of rotatable bonds is 5. The molecule has 1 N–H and O–H groups in total. The Morgan fingerprint density at radius 3 is 2.50 bits per heavy atom. The minimum absolute atomic E-state index is 0.635. The highest BCUT2D eigenvalue weighted by atomic mass is 16.5. The standard InChI is InChI=1S/C14H22N2O2/c1-10-5-12(17-3)6-14(18-4)13(10)9-16(2)11-7-15-8-11/h5-6,11,15H,7-9H2,1-4H3. The van der Waals surface area contributed by atoms with Crippen LogP contribution in [0.3, 0.4) is 0 Å². The summed E-state index contributed by atoms with van der Waals surface area (Å²) in [5.41, 5.74) is 2.46. The Morgan fingerprint density at radius 1 is 1.28 bits per heavy atom. The monoisotopic (exact) mass is 250 g/mol. The lowest BCUT2D eigenvalue weighted by atomic mass is 10.0. The summed E-state index contributed by atoms with van der Waals surface area (Å²) in [6.45, 7) is 5.17. The van der Waals surface area contributed by atoms with E-state index in [1.807, 2.05) is 6.07 Å². The van der Waals surface area contributed by atoms with E-state index in [0.29, 0.717) is 6.04 Å². The summed E-state index contributed by atoms with van der Waals surface area (Å²) < 4.78 is 10.8. The third-order valence-electron chi connectivity index (χ3n) is 3.65. The SMILES string of the molecule is COc1cc(C)c(CN(C)C2CNC2)c(OC)c1. The number of nitrogens with zero attached hydrogens (tertiary/aromatic N) is 1. The van der Waals surface area contributed by atoms with Crippen molar-refractivity contribution >= 4 is 0 Å². The van der Waals surface area contributed by atoms with Crippen molar-refractivity contribution < 1.29 is 9.47 Å². The van der Waals surface area contributed by atoms with Gasteiger partial charge in [-0.1, -0.05) is 0 Å². The number of nitrogens with one attached hydrogen (secondary N) is 1. The van der Waals surface area contributed by atoms with Crippen molar-refractivity contribution in [2.75, 3.05) is 34.4 Å². The number of aryl methyl sites for hydroxylation is 1. The van der Waals surface area contributed by atoms with E-state index < -0.39 is 0 Å². The highest BCUT2D eigenvalue weighted by Crippen LogP contribution is 2.29. The van der Waals surface area contributed by atoms with Gasteiger partial charge in [0.25, 0.3) is 0 Å². The van der Waals surface area contributed by atoms with Crippen LogP contribution in [0.15, 0.2) is 12.1 Å². The molecule has 4 heteroatoms. The molecule has 0 aliphatic carbocycles. The molecule has 0 atom stereocenters. The third kappa shape index (κ3) is 2.60. The first kappa shape index (κ1) is 13.2. The minimum Gasteiger partial charge on any atom is -0.497 e. The molecular formula is C14H22N2O2. The van der Waals surface area contributed by atoms with Gasteiger partial charge in [-0.05, 0) is 25.6 Å². The van der Waals surface area contributed by atoms with Crippen molar-refractivity contribution in [3.05, 3.63) is 23.3 Å². The van der Waals surface area contributed by atoms with Gasteiger partial charge in [-0.3, -0.25) is 4.90 Å². The zero-order chi connectivity index (χ0) is 13.1. The van der Waals surface area contributed by atoms with E-state index in [-0.39, 0.29) is 0 Å². The highest BCUT2D eigenvalue weighted by molar-refractivity contribution is 5.46. The van der Waals surface area contributed by atoms with Crippen LogP contribution in [0.4, 0.5) is 0 Å². The number of benzene rings is 1. The van der Waals surface area contributed by atoms with E-state index in [1.165, 1.54) is 11.1 Å². The van der Waals surface area contributed by atoms with Gasteiger partial charge in [-0.25, -0.2) is 0 Å². The number of hydrogen-bond donors (Lipinski definition) is 1. The Bertz CT molecular complexity index is 417. The van der Waals surface area contributed by atoms with Crippen molar-refractivity contribution in [3.63, 3.8) is 0 Å². The average molecular weight is 250 g/mol. The van der Waals surface area contributed by atoms with Crippen LogP contribution in [0.25, 0.3) is 0 Å². The minimum atomic E-state index is 0.635. The lowest BCUT2D eigenvalue weighted by molar-refractivity contribution is 0.171. The van der Waals surface area contributed by atoms with Crippen LogP contribution in [0.1, 0.15) is 11.1 Å². The molecule has 0 radical (unpaired) electrons. The molecule has 0 unspecified atom stereocenters. The fraction of sp³-hybridized carbons (Fsp3) is 0.571. The van der Waals surface area contributed by atoms with Crippen molar-refractivity contribution in [1.82, 2.24) is 10.2 Å². The Kier molecular flexibility index (Phi) is 4.09. The second-order valence-corrected chi connectivity index (χ2v) is 4.85. The summed E-state index contributed by atoms with van der Waals surface area (Å²) in [5.74, 6) is 1.76. The lowest BCUT2D eigenvalue weighted by Gasteiger charge is -2.36. The number of likely N-dealkylation sites (N-methyl/N-ethyl adjacent to an activating group) is 1. The highest BCUT2D eigenvalue weighted by Gasteiger charge is 2.23. The Balaban J connectivity index is 2.19. The molecular weight excluding hydrogens is 228 g/mol. The number of ether oxygens (including phenoxy) is 2. The maximum atomic E-state index is 5.48. The van der Waals surface area contributed by atoms with Crippen LogP contribution in [-0.2, 0) is 6.54 Å². The molecule has 4 nitrogen and oxygen atoms in total. The summed E-state index contributed by atoms with van der Waals surface area (Å²) in [7, 11) is 5.55. The third-order valence-corrected chi connectivity index (χ3v) is 3.65. The molecule has 1 fully saturated rings. The van der Waals surface area contributed by atoms with Gasteiger partial charge in [-0.15, -0.1) is 0 Å². The van der Waals surface area contributed by atoms with Gasteiger partial charge < -0.3 is 14.8 Å². The topological polar surface area (TPSA) is 33.7 Å².